The molecule has 1 N–H and O–H groups in total. The van der Waals surface area contributed by atoms with Gasteiger partial charge in [-0.3, -0.25) is 4.79 Å². The van der Waals surface area contributed by atoms with Gasteiger partial charge in [0.15, 0.2) is 0 Å². The SMILES string of the molecule is CN1CC[C@H](O)[C@@]2(CCCN(C(=O)CCc3cccc(Cl)c3)C2)C1. The van der Waals surface area contributed by atoms with E-state index in [0.29, 0.717) is 24.4 Å². The van der Waals surface area contributed by atoms with E-state index in [0.717, 1.165) is 44.5 Å². The van der Waals surface area contributed by atoms with E-state index < -0.39 is 0 Å². The number of nitrogens with zero attached hydrogens (tertiary/aromatic N) is 2. The maximum absolute atomic E-state index is 12.7. The normalized spacial score (nSPS) is 28.3. The van der Waals surface area contributed by atoms with Crippen LogP contribution in [0.2, 0.25) is 5.02 Å². The third-order valence-electron chi connectivity index (χ3n) is 5.55. The minimum absolute atomic E-state index is 0.142. The van der Waals surface area contributed by atoms with E-state index in [1.807, 2.05) is 29.2 Å². The fraction of sp³-hybridized carbons (Fsp3) is 0.632. The largest absolute Gasteiger partial charge is 0.392 e. The second-order valence-corrected chi connectivity index (χ2v) is 7.89. The molecule has 2 aliphatic heterocycles. The summed E-state index contributed by atoms with van der Waals surface area (Å²) < 4.78 is 0. The highest BCUT2D eigenvalue weighted by Crippen LogP contribution is 2.38. The molecule has 1 aromatic carbocycles. The molecule has 0 aromatic heterocycles. The van der Waals surface area contributed by atoms with Gasteiger partial charge in [-0.2, -0.15) is 0 Å². The molecular weight excluding hydrogens is 324 g/mol. The second kappa shape index (κ2) is 7.42. The molecule has 0 aliphatic carbocycles. The summed E-state index contributed by atoms with van der Waals surface area (Å²) in [6, 6.07) is 7.71. The Hall–Kier alpha value is -1.10. The molecule has 1 amide bonds. The number of benzene rings is 1. The minimum Gasteiger partial charge on any atom is -0.392 e. The number of rotatable bonds is 3. The molecule has 1 aromatic rings. The molecule has 0 bridgehead atoms. The summed E-state index contributed by atoms with van der Waals surface area (Å²) in [4.78, 5) is 16.9. The Morgan fingerprint density at radius 3 is 3.00 bits per heavy atom. The molecule has 24 heavy (non-hydrogen) atoms. The summed E-state index contributed by atoms with van der Waals surface area (Å²) in [5.74, 6) is 0.189. The van der Waals surface area contributed by atoms with Crippen molar-refractivity contribution in [2.24, 2.45) is 5.41 Å². The Bertz CT molecular complexity index is 594. The fourth-order valence-electron chi connectivity index (χ4n) is 4.25. The number of halogens is 1. The lowest BCUT2D eigenvalue weighted by molar-refractivity contribution is -0.140. The van der Waals surface area contributed by atoms with Crippen LogP contribution < -0.4 is 0 Å². The number of hydrogen-bond donors (Lipinski definition) is 1. The molecule has 0 saturated carbocycles. The van der Waals surface area contributed by atoms with Gasteiger partial charge in [0.25, 0.3) is 0 Å². The number of carbonyl (C=O) groups excluding carboxylic acids is 1. The van der Waals surface area contributed by atoms with Crippen LogP contribution in [0.4, 0.5) is 0 Å². The zero-order chi connectivity index (χ0) is 17.2. The Balaban J connectivity index is 1.60. The van der Waals surface area contributed by atoms with Crippen molar-refractivity contribution in [2.45, 2.75) is 38.2 Å². The standard InChI is InChI=1S/C19H27ClN2O2/c1-21-11-8-17(23)19(13-21)9-3-10-22(14-19)18(24)7-6-15-4-2-5-16(20)12-15/h2,4-5,12,17,23H,3,6-11,13-14H2,1H3/t17-,19-/m0/s1. The van der Waals surface area contributed by atoms with Gasteiger partial charge in [0.05, 0.1) is 6.10 Å². The van der Waals surface area contributed by atoms with Gasteiger partial charge in [0.2, 0.25) is 5.91 Å². The van der Waals surface area contributed by atoms with E-state index >= 15 is 0 Å². The third-order valence-corrected chi connectivity index (χ3v) is 5.79. The summed E-state index contributed by atoms with van der Waals surface area (Å²) in [5, 5.41) is 11.3. The quantitative estimate of drug-likeness (QED) is 0.911. The van der Waals surface area contributed by atoms with Crippen molar-refractivity contribution >= 4 is 17.5 Å². The van der Waals surface area contributed by atoms with Crippen molar-refractivity contribution < 1.29 is 9.90 Å². The lowest BCUT2D eigenvalue weighted by atomic mass is 9.71. The van der Waals surface area contributed by atoms with Crippen LogP contribution in [0, 0.1) is 5.41 Å². The molecule has 2 atom stereocenters. The molecule has 132 valence electrons. The lowest BCUT2D eigenvalue weighted by Crippen LogP contribution is -2.59. The summed E-state index contributed by atoms with van der Waals surface area (Å²) in [6.45, 7) is 3.32. The topological polar surface area (TPSA) is 43.8 Å². The number of hydrogen-bond acceptors (Lipinski definition) is 3. The number of aliphatic hydroxyl groups is 1. The first kappa shape index (κ1) is 17.7. The predicted molar refractivity (Wildman–Crippen MR) is 96.1 cm³/mol. The van der Waals surface area contributed by atoms with Crippen molar-refractivity contribution in [3.8, 4) is 0 Å². The lowest BCUT2D eigenvalue weighted by Gasteiger charge is -2.50. The molecule has 4 nitrogen and oxygen atoms in total. The molecule has 2 fully saturated rings. The van der Waals surface area contributed by atoms with Crippen LogP contribution >= 0.6 is 11.6 Å². The predicted octanol–water partition coefficient (Wildman–Crippen LogP) is 2.58. The van der Waals surface area contributed by atoms with Gasteiger partial charge in [0.1, 0.15) is 0 Å². The maximum atomic E-state index is 12.7. The summed E-state index contributed by atoms with van der Waals surface area (Å²) in [5.41, 5.74) is 0.955. The highest BCUT2D eigenvalue weighted by molar-refractivity contribution is 6.30. The first-order chi connectivity index (χ1) is 11.5. The van der Waals surface area contributed by atoms with Crippen molar-refractivity contribution in [1.82, 2.24) is 9.80 Å². The Kier molecular flexibility index (Phi) is 5.48. The smallest absolute Gasteiger partial charge is 0.222 e. The van der Waals surface area contributed by atoms with Gasteiger partial charge in [-0.1, -0.05) is 23.7 Å². The highest BCUT2D eigenvalue weighted by Gasteiger charge is 2.45. The molecule has 1 spiro atoms. The number of carbonyl (C=O) groups is 1. The van der Waals surface area contributed by atoms with E-state index in [4.69, 9.17) is 11.6 Å². The van der Waals surface area contributed by atoms with Crippen molar-refractivity contribution in [2.75, 3.05) is 33.2 Å². The number of amides is 1. The molecule has 2 aliphatic rings. The third kappa shape index (κ3) is 3.93. The first-order valence-electron chi connectivity index (χ1n) is 8.87. The number of piperidine rings is 2. The van der Waals surface area contributed by atoms with Gasteiger partial charge < -0.3 is 14.9 Å². The summed E-state index contributed by atoms with van der Waals surface area (Å²) in [6.07, 6.45) is 3.72. The van der Waals surface area contributed by atoms with Gasteiger partial charge >= 0.3 is 0 Å². The van der Waals surface area contributed by atoms with Crippen LogP contribution in [-0.4, -0.2) is 60.1 Å². The number of aryl methyl sites for hydroxylation is 1. The maximum Gasteiger partial charge on any atom is 0.222 e. The molecule has 0 unspecified atom stereocenters. The van der Waals surface area contributed by atoms with Crippen LogP contribution in [0.3, 0.4) is 0 Å². The molecule has 0 radical (unpaired) electrons. The first-order valence-corrected chi connectivity index (χ1v) is 9.25. The van der Waals surface area contributed by atoms with Gasteiger partial charge in [0, 0.05) is 43.0 Å². The Morgan fingerprint density at radius 2 is 2.21 bits per heavy atom. The molecule has 2 heterocycles. The highest BCUT2D eigenvalue weighted by atomic mass is 35.5. The Morgan fingerprint density at radius 1 is 1.38 bits per heavy atom. The number of aliphatic hydroxyl groups excluding tert-OH is 1. The van der Waals surface area contributed by atoms with Crippen LogP contribution in [0.25, 0.3) is 0 Å². The molecule has 2 saturated heterocycles. The molecule has 3 rings (SSSR count). The summed E-state index contributed by atoms with van der Waals surface area (Å²) in [7, 11) is 2.10. The van der Waals surface area contributed by atoms with Gasteiger partial charge in [-0.25, -0.2) is 0 Å². The van der Waals surface area contributed by atoms with E-state index in [-0.39, 0.29) is 17.4 Å². The van der Waals surface area contributed by atoms with Crippen LogP contribution in [0.15, 0.2) is 24.3 Å². The molecule has 5 heteroatoms. The average Bonchev–Trinajstić information content (AvgIpc) is 2.57. The second-order valence-electron chi connectivity index (χ2n) is 7.45. The minimum atomic E-state index is -0.294. The van der Waals surface area contributed by atoms with E-state index in [1.165, 1.54) is 0 Å². The van der Waals surface area contributed by atoms with Crippen molar-refractivity contribution in [3.05, 3.63) is 34.9 Å². The van der Waals surface area contributed by atoms with E-state index in [2.05, 4.69) is 11.9 Å². The van der Waals surface area contributed by atoms with Gasteiger partial charge in [-0.05, 0) is 50.4 Å². The van der Waals surface area contributed by atoms with Crippen LogP contribution in [0.1, 0.15) is 31.2 Å². The summed E-state index contributed by atoms with van der Waals surface area (Å²) >= 11 is 6.01. The van der Waals surface area contributed by atoms with Crippen molar-refractivity contribution in [3.63, 3.8) is 0 Å². The fourth-order valence-corrected chi connectivity index (χ4v) is 4.46. The van der Waals surface area contributed by atoms with E-state index in [9.17, 15) is 9.90 Å². The average molecular weight is 351 g/mol. The zero-order valence-electron chi connectivity index (χ0n) is 14.4. The van der Waals surface area contributed by atoms with Crippen LogP contribution in [-0.2, 0) is 11.2 Å². The van der Waals surface area contributed by atoms with Crippen molar-refractivity contribution in [1.29, 1.82) is 0 Å². The zero-order valence-corrected chi connectivity index (χ0v) is 15.1. The van der Waals surface area contributed by atoms with Gasteiger partial charge in [-0.15, -0.1) is 0 Å². The van der Waals surface area contributed by atoms with E-state index in [1.54, 1.807) is 0 Å². The van der Waals surface area contributed by atoms with Crippen LogP contribution in [0.5, 0.6) is 0 Å². The Labute approximate surface area is 149 Å². The number of likely N-dealkylation sites (tertiary alicyclic amines) is 2. The molecular formula is C19H27ClN2O2. The monoisotopic (exact) mass is 350 g/mol.